The number of nitrogens with zero attached hydrogens (tertiary/aromatic N) is 3. The van der Waals surface area contributed by atoms with Crippen LogP contribution in [0.3, 0.4) is 0 Å². The first-order valence-corrected chi connectivity index (χ1v) is 8.02. The fourth-order valence-corrected chi connectivity index (χ4v) is 3.04. The Balaban J connectivity index is 1.99. The van der Waals surface area contributed by atoms with E-state index in [1.165, 1.54) is 25.3 Å². The van der Waals surface area contributed by atoms with Crippen LogP contribution in [0, 0.1) is 0 Å². The van der Waals surface area contributed by atoms with Crippen LogP contribution in [0.5, 0.6) is 0 Å². The predicted octanol–water partition coefficient (Wildman–Crippen LogP) is 2.14. The van der Waals surface area contributed by atoms with Crippen LogP contribution in [0.4, 0.5) is 11.6 Å². The first kappa shape index (κ1) is 15.6. The Hall–Kier alpha value is -2.34. The SMILES string of the molecule is C=CC(=O)Nc1ccc2c(c1)nc(N1CCCCC1)n2CCO. The average molecular weight is 314 g/mol. The van der Waals surface area contributed by atoms with Crippen LogP contribution >= 0.6 is 0 Å². The van der Waals surface area contributed by atoms with Crippen molar-refractivity contribution < 1.29 is 9.90 Å². The van der Waals surface area contributed by atoms with E-state index in [2.05, 4.69) is 21.4 Å². The van der Waals surface area contributed by atoms with E-state index in [1.807, 2.05) is 18.2 Å². The van der Waals surface area contributed by atoms with Crippen LogP contribution in [-0.2, 0) is 11.3 Å². The van der Waals surface area contributed by atoms with Crippen LogP contribution < -0.4 is 10.2 Å². The second-order valence-corrected chi connectivity index (χ2v) is 5.73. The Morgan fingerprint density at radius 3 is 2.83 bits per heavy atom. The number of nitrogens with one attached hydrogen (secondary N) is 1. The van der Waals surface area contributed by atoms with Gasteiger partial charge in [0.25, 0.3) is 0 Å². The molecular weight excluding hydrogens is 292 g/mol. The number of aliphatic hydroxyl groups is 1. The standard InChI is InChI=1S/C17H22N4O2/c1-2-16(23)18-13-6-7-15-14(12-13)19-17(21(15)10-11-22)20-8-4-3-5-9-20/h2,6-7,12,22H,1,3-5,8-11H2,(H,18,23). The third-order valence-corrected chi connectivity index (χ3v) is 4.14. The maximum Gasteiger partial charge on any atom is 0.247 e. The van der Waals surface area contributed by atoms with Crippen molar-refractivity contribution in [1.29, 1.82) is 0 Å². The smallest absolute Gasteiger partial charge is 0.247 e. The van der Waals surface area contributed by atoms with Gasteiger partial charge >= 0.3 is 0 Å². The van der Waals surface area contributed by atoms with Gasteiger partial charge in [-0.15, -0.1) is 0 Å². The molecule has 0 bridgehead atoms. The minimum Gasteiger partial charge on any atom is -0.395 e. The summed E-state index contributed by atoms with van der Waals surface area (Å²) in [6.07, 6.45) is 4.84. The van der Waals surface area contributed by atoms with E-state index in [-0.39, 0.29) is 12.5 Å². The number of hydrogen-bond acceptors (Lipinski definition) is 4. The van der Waals surface area contributed by atoms with Gasteiger partial charge in [-0.2, -0.15) is 0 Å². The van der Waals surface area contributed by atoms with E-state index < -0.39 is 0 Å². The molecule has 6 heteroatoms. The zero-order chi connectivity index (χ0) is 16.2. The number of anilines is 2. The molecule has 1 aliphatic rings. The fourth-order valence-electron chi connectivity index (χ4n) is 3.04. The summed E-state index contributed by atoms with van der Waals surface area (Å²) in [4.78, 5) is 18.5. The number of rotatable bonds is 5. The zero-order valence-electron chi connectivity index (χ0n) is 13.2. The van der Waals surface area contributed by atoms with Crippen LogP contribution in [-0.4, -0.2) is 40.3 Å². The van der Waals surface area contributed by atoms with E-state index in [4.69, 9.17) is 4.98 Å². The molecule has 122 valence electrons. The van der Waals surface area contributed by atoms with E-state index in [0.29, 0.717) is 12.2 Å². The number of benzene rings is 1. The van der Waals surface area contributed by atoms with E-state index in [1.54, 1.807) is 0 Å². The number of aliphatic hydroxyl groups excluding tert-OH is 1. The Labute approximate surface area is 135 Å². The molecule has 2 aromatic rings. The summed E-state index contributed by atoms with van der Waals surface area (Å²) >= 11 is 0. The number of imidazole rings is 1. The van der Waals surface area contributed by atoms with Crippen molar-refractivity contribution in [2.24, 2.45) is 0 Å². The molecule has 1 aromatic heterocycles. The Morgan fingerprint density at radius 2 is 2.13 bits per heavy atom. The molecule has 1 amide bonds. The molecule has 0 unspecified atom stereocenters. The summed E-state index contributed by atoms with van der Waals surface area (Å²) in [7, 11) is 0. The van der Waals surface area contributed by atoms with E-state index >= 15 is 0 Å². The first-order valence-electron chi connectivity index (χ1n) is 8.02. The lowest BCUT2D eigenvalue weighted by atomic mass is 10.1. The average Bonchev–Trinajstić information content (AvgIpc) is 2.94. The molecule has 1 aromatic carbocycles. The molecule has 0 atom stereocenters. The predicted molar refractivity (Wildman–Crippen MR) is 91.7 cm³/mol. The summed E-state index contributed by atoms with van der Waals surface area (Å²) in [5, 5.41) is 12.1. The van der Waals surface area contributed by atoms with Gasteiger partial charge < -0.3 is 19.9 Å². The van der Waals surface area contributed by atoms with Crippen LogP contribution in [0.2, 0.25) is 0 Å². The largest absolute Gasteiger partial charge is 0.395 e. The Morgan fingerprint density at radius 1 is 1.35 bits per heavy atom. The van der Waals surface area contributed by atoms with Crippen molar-refractivity contribution in [1.82, 2.24) is 9.55 Å². The van der Waals surface area contributed by atoms with Crippen LogP contribution in [0.25, 0.3) is 11.0 Å². The zero-order valence-corrected chi connectivity index (χ0v) is 13.2. The summed E-state index contributed by atoms with van der Waals surface area (Å²) in [5.41, 5.74) is 2.48. The van der Waals surface area contributed by atoms with Crippen LogP contribution in [0.1, 0.15) is 19.3 Å². The van der Waals surface area contributed by atoms with Gasteiger partial charge in [0.15, 0.2) is 0 Å². The van der Waals surface area contributed by atoms with Crippen molar-refractivity contribution in [2.75, 3.05) is 29.9 Å². The third kappa shape index (κ3) is 3.22. The molecule has 6 nitrogen and oxygen atoms in total. The number of amides is 1. The van der Waals surface area contributed by atoms with Crippen molar-refractivity contribution in [2.45, 2.75) is 25.8 Å². The molecular formula is C17H22N4O2. The highest BCUT2D eigenvalue weighted by molar-refractivity contribution is 6.00. The summed E-state index contributed by atoms with van der Waals surface area (Å²) in [6, 6.07) is 5.64. The second kappa shape index (κ2) is 6.83. The highest BCUT2D eigenvalue weighted by atomic mass is 16.3. The number of carbonyl (C=O) groups excluding carboxylic acids is 1. The van der Waals surface area contributed by atoms with E-state index in [0.717, 1.165) is 30.1 Å². The van der Waals surface area contributed by atoms with Gasteiger partial charge in [0.1, 0.15) is 0 Å². The lowest BCUT2D eigenvalue weighted by Gasteiger charge is -2.28. The van der Waals surface area contributed by atoms with Gasteiger partial charge in [0.05, 0.1) is 17.6 Å². The van der Waals surface area contributed by atoms with Gasteiger partial charge in [-0.1, -0.05) is 6.58 Å². The minimum atomic E-state index is -0.240. The number of fused-ring (bicyclic) bond motifs is 1. The first-order chi connectivity index (χ1) is 11.2. The van der Waals surface area contributed by atoms with Gasteiger partial charge in [-0.3, -0.25) is 4.79 Å². The molecule has 0 radical (unpaired) electrons. The van der Waals surface area contributed by atoms with E-state index in [9.17, 15) is 9.90 Å². The van der Waals surface area contributed by atoms with Crippen molar-refractivity contribution in [3.63, 3.8) is 0 Å². The molecule has 0 spiro atoms. The molecule has 1 saturated heterocycles. The molecule has 3 rings (SSSR count). The number of carbonyl (C=O) groups is 1. The fraction of sp³-hybridized carbons (Fsp3) is 0.412. The molecule has 0 aliphatic carbocycles. The lowest BCUT2D eigenvalue weighted by molar-refractivity contribution is -0.111. The highest BCUT2D eigenvalue weighted by Gasteiger charge is 2.19. The molecule has 1 fully saturated rings. The quantitative estimate of drug-likeness (QED) is 0.830. The van der Waals surface area contributed by atoms with Crippen LogP contribution in [0.15, 0.2) is 30.9 Å². The molecule has 2 N–H and O–H groups in total. The minimum absolute atomic E-state index is 0.0707. The topological polar surface area (TPSA) is 70.4 Å². The monoisotopic (exact) mass is 314 g/mol. The summed E-state index contributed by atoms with van der Waals surface area (Å²) in [5.74, 6) is 0.663. The number of hydrogen-bond donors (Lipinski definition) is 2. The summed E-state index contributed by atoms with van der Waals surface area (Å²) < 4.78 is 2.06. The highest BCUT2D eigenvalue weighted by Crippen LogP contribution is 2.27. The maximum absolute atomic E-state index is 11.4. The third-order valence-electron chi connectivity index (χ3n) is 4.14. The Bertz CT molecular complexity index is 717. The number of aromatic nitrogens is 2. The molecule has 2 heterocycles. The lowest BCUT2D eigenvalue weighted by Crippen LogP contribution is -2.32. The van der Waals surface area contributed by atoms with Crippen molar-refractivity contribution in [3.05, 3.63) is 30.9 Å². The number of piperidine rings is 1. The van der Waals surface area contributed by atoms with Gasteiger partial charge in [0.2, 0.25) is 11.9 Å². The van der Waals surface area contributed by atoms with Gasteiger partial charge in [-0.25, -0.2) is 4.98 Å². The molecule has 23 heavy (non-hydrogen) atoms. The molecule has 0 saturated carbocycles. The van der Waals surface area contributed by atoms with Gasteiger partial charge in [-0.05, 0) is 43.5 Å². The van der Waals surface area contributed by atoms with Crippen molar-refractivity contribution in [3.8, 4) is 0 Å². The van der Waals surface area contributed by atoms with Gasteiger partial charge in [0, 0.05) is 25.3 Å². The molecule has 1 aliphatic heterocycles. The van der Waals surface area contributed by atoms with Crippen molar-refractivity contribution >= 4 is 28.6 Å². The normalized spacial score (nSPS) is 14.9. The summed E-state index contributed by atoms with van der Waals surface area (Å²) in [6.45, 7) is 6.03. The maximum atomic E-state index is 11.4. The Kier molecular flexibility index (Phi) is 4.62. The second-order valence-electron chi connectivity index (χ2n) is 5.73.